The fourth-order valence-corrected chi connectivity index (χ4v) is 2.31. The van der Waals surface area contributed by atoms with Crippen LogP contribution in [0.25, 0.3) is 0 Å². The predicted molar refractivity (Wildman–Crippen MR) is 73.4 cm³/mol. The van der Waals surface area contributed by atoms with Gasteiger partial charge in [-0.05, 0) is 44.5 Å². The molecular formula is C13H20BrNO2. The molecule has 0 aliphatic heterocycles. The van der Waals surface area contributed by atoms with Crippen molar-refractivity contribution in [2.75, 3.05) is 13.7 Å². The van der Waals surface area contributed by atoms with Crippen molar-refractivity contribution in [2.45, 2.75) is 32.4 Å². The van der Waals surface area contributed by atoms with Gasteiger partial charge in [0.2, 0.25) is 0 Å². The molecule has 0 heterocycles. The summed E-state index contributed by atoms with van der Waals surface area (Å²) in [5.41, 5.74) is 1.19. The number of hydrogen-bond acceptors (Lipinski definition) is 3. The molecule has 96 valence electrons. The quantitative estimate of drug-likeness (QED) is 0.849. The first kappa shape index (κ1) is 14.5. The first-order valence-corrected chi connectivity index (χ1v) is 6.58. The van der Waals surface area contributed by atoms with Crippen molar-refractivity contribution < 1.29 is 9.84 Å². The first-order valence-electron chi connectivity index (χ1n) is 5.79. The largest absolute Gasteiger partial charge is 0.497 e. The van der Waals surface area contributed by atoms with Gasteiger partial charge in [-0.15, -0.1) is 0 Å². The zero-order valence-electron chi connectivity index (χ0n) is 10.5. The van der Waals surface area contributed by atoms with Crippen LogP contribution in [0.5, 0.6) is 5.75 Å². The number of aliphatic hydroxyl groups is 1. The van der Waals surface area contributed by atoms with Crippen LogP contribution in [0.2, 0.25) is 0 Å². The van der Waals surface area contributed by atoms with Gasteiger partial charge in [0.15, 0.2) is 0 Å². The molecule has 0 radical (unpaired) electrons. The summed E-state index contributed by atoms with van der Waals surface area (Å²) in [6, 6.07) is 6.20. The van der Waals surface area contributed by atoms with Crippen LogP contribution in [-0.2, 0) is 0 Å². The van der Waals surface area contributed by atoms with E-state index in [1.807, 2.05) is 18.2 Å². The average molecular weight is 302 g/mol. The lowest BCUT2D eigenvalue weighted by Crippen LogP contribution is -2.22. The van der Waals surface area contributed by atoms with E-state index in [2.05, 4.69) is 28.2 Å². The number of aliphatic hydroxyl groups excluding tert-OH is 1. The van der Waals surface area contributed by atoms with E-state index in [1.54, 1.807) is 14.0 Å². The Hall–Kier alpha value is -0.580. The third-order valence-corrected chi connectivity index (χ3v) is 3.37. The summed E-state index contributed by atoms with van der Waals surface area (Å²) in [4.78, 5) is 0. The molecule has 1 aromatic rings. The van der Waals surface area contributed by atoms with Crippen molar-refractivity contribution in [3.8, 4) is 5.75 Å². The van der Waals surface area contributed by atoms with E-state index in [0.29, 0.717) is 0 Å². The molecule has 0 aliphatic rings. The lowest BCUT2D eigenvalue weighted by atomic mass is 10.1. The molecule has 1 rings (SSSR count). The highest BCUT2D eigenvalue weighted by Gasteiger charge is 2.09. The normalized spacial score (nSPS) is 14.4. The highest BCUT2D eigenvalue weighted by atomic mass is 79.9. The maximum Gasteiger partial charge on any atom is 0.120 e. The third-order valence-electron chi connectivity index (χ3n) is 2.69. The van der Waals surface area contributed by atoms with Crippen molar-refractivity contribution in [3.05, 3.63) is 28.2 Å². The number of halogens is 1. The van der Waals surface area contributed by atoms with Gasteiger partial charge < -0.3 is 15.2 Å². The van der Waals surface area contributed by atoms with E-state index in [1.165, 1.54) is 5.56 Å². The lowest BCUT2D eigenvalue weighted by molar-refractivity contribution is 0.182. The van der Waals surface area contributed by atoms with Gasteiger partial charge in [-0.3, -0.25) is 0 Å². The van der Waals surface area contributed by atoms with Gasteiger partial charge in [0, 0.05) is 10.5 Å². The zero-order valence-corrected chi connectivity index (χ0v) is 12.1. The molecule has 0 aromatic heterocycles. The van der Waals surface area contributed by atoms with Crippen molar-refractivity contribution in [1.82, 2.24) is 5.32 Å². The zero-order chi connectivity index (χ0) is 12.8. The highest BCUT2D eigenvalue weighted by molar-refractivity contribution is 9.10. The Morgan fingerprint density at radius 3 is 2.65 bits per heavy atom. The summed E-state index contributed by atoms with van der Waals surface area (Å²) in [7, 11) is 1.66. The second-order valence-corrected chi connectivity index (χ2v) is 5.06. The number of methoxy groups -OCH3 is 1. The van der Waals surface area contributed by atoms with E-state index < -0.39 is 0 Å². The summed E-state index contributed by atoms with van der Waals surface area (Å²) in [5, 5.41) is 12.6. The molecule has 0 saturated heterocycles. The van der Waals surface area contributed by atoms with Gasteiger partial charge in [-0.1, -0.05) is 22.0 Å². The predicted octanol–water partition coefficient (Wildman–Crippen LogP) is 2.88. The topological polar surface area (TPSA) is 41.5 Å². The number of benzene rings is 1. The minimum atomic E-state index is -0.256. The number of rotatable bonds is 6. The van der Waals surface area contributed by atoms with E-state index in [0.717, 1.165) is 23.2 Å². The second-order valence-electron chi connectivity index (χ2n) is 4.20. The van der Waals surface area contributed by atoms with Gasteiger partial charge in [0.05, 0.1) is 13.2 Å². The molecular weight excluding hydrogens is 282 g/mol. The SMILES string of the molecule is COc1ccc(C(C)NCCC(C)O)c(Br)c1. The van der Waals surface area contributed by atoms with Crippen LogP contribution in [0, 0.1) is 0 Å². The highest BCUT2D eigenvalue weighted by Crippen LogP contribution is 2.27. The van der Waals surface area contributed by atoms with Gasteiger partial charge in [-0.2, -0.15) is 0 Å². The molecule has 0 fully saturated rings. The average Bonchev–Trinajstić information content (AvgIpc) is 2.28. The minimum Gasteiger partial charge on any atom is -0.497 e. The molecule has 0 saturated carbocycles. The maximum atomic E-state index is 9.19. The van der Waals surface area contributed by atoms with Gasteiger partial charge >= 0.3 is 0 Å². The molecule has 2 atom stereocenters. The smallest absolute Gasteiger partial charge is 0.120 e. The molecule has 2 unspecified atom stereocenters. The Kier molecular flexibility index (Phi) is 5.95. The Morgan fingerprint density at radius 2 is 2.12 bits per heavy atom. The van der Waals surface area contributed by atoms with Gasteiger partial charge in [0.25, 0.3) is 0 Å². The number of nitrogens with one attached hydrogen (secondary N) is 1. The van der Waals surface area contributed by atoms with Crippen LogP contribution in [0.15, 0.2) is 22.7 Å². The monoisotopic (exact) mass is 301 g/mol. The molecule has 0 bridgehead atoms. The van der Waals surface area contributed by atoms with E-state index in [9.17, 15) is 5.11 Å². The Morgan fingerprint density at radius 1 is 1.41 bits per heavy atom. The van der Waals surface area contributed by atoms with Crippen molar-refractivity contribution in [3.63, 3.8) is 0 Å². The molecule has 1 aromatic carbocycles. The lowest BCUT2D eigenvalue weighted by Gasteiger charge is -2.17. The third kappa shape index (κ3) is 4.66. The van der Waals surface area contributed by atoms with Gasteiger partial charge in [-0.25, -0.2) is 0 Å². The molecule has 17 heavy (non-hydrogen) atoms. The molecule has 0 spiro atoms. The summed E-state index contributed by atoms with van der Waals surface area (Å²) in [5.74, 6) is 0.844. The van der Waals surface area contributed by atoms with Crippen LogP contribution in [0.3, 0.4) is 0 Å². The first-order chi connectivity index (χ1) is 8.04. The minimum absolute atomic E-state index is 0.244. The fraction of sp³-hybridized carbons (Fsp3) is 0.538. The Labute approximate surface area is 111 Å². The Bertz CT molecular complexity index is 355. The molecule has 0 aliphatic carbocycles. The van der Waals surface area contributed by atoms with Crippen LogP contribution < -0.4 is 10.1 Å². The van der Waals surface area contributed by atoms with Gasteiger partial charge in [0.1, 0.15) is 5.75 Å². The van der Waals surface area contributed by atoms with E-state index >= 15 is 0 Å². The number of ether oxygens (including phenoxy) is 1. The molecule has 2 N–H and O–H groups in total. The summed E-state index contributed by atoms with van der Waals surface area (Å²) >= 11 is 3.54. The van der Waals surface area contributed by atoms with E-state index in [4.69, 9.17) is 4.74 Å². The summed E-state index contributed by atoms with van der Waals surface area (Å²) in [6.07, 6.45) is 0.506. The Balaban J connectivity index is 2.59. The van der Waals surface area contributed by atoms with Crippen LogP contribution in [0.4, 0.5) is 0 Å². The van der Waals surface area contributed by atoms with E-state index in [-0.39, 0.29) is 12.1 Å². The van der Waals surface area contributed by atoms with Crippen molar-refractivity contribution in [1.29, 1.82) is 0 Å². The van der Waals surface area contributed by atoms with Crippen LogP contribution in [0.1, 0.15) is 31.9 Å². The van der Waals surface area contributed by atoms with Crippen molar-refractivity contribution in [2.24, 2.45) is 0 Å². The molecule has 4 heteroatoms. The molecule has 3 nitrogen and oxygen atoms in total. The molecule has 0 amide bonds. The summed E-state index contributed by atoms with van der Waals surface area (Å²) < 4.78 is 6.19. The van der Waals surface area contributed by atoms with Crippen LogP contribution >= 0.6 is 15.9 Å². The standard InChI is InChI=1S/C13H20BrNO2/c1-9(16)6-7-15-10(2)12-5-4-11(17-3)8-13(12)14/h4-5,8-10,15-16H,6-7H2,1-3H3. The second kappa shape index (κ2) is 6.99. The maximum absolute atomic E-state index is 9.19. The fourth-order valence-electron chi connectivity index (χ4n) is 1.60. The van der Waals surface area contributed by atoms with Crippen LogP contribution in [-0.4, -0.2) is 24.9 Å². The number of hydrogen-bond donors (Lipinski definition) is 2. The van der Waals surface area contributed by atoms with Crippen molar-refractivity contribution >= 4 is 15.9 Å². The summed E-state index contributed by atoms with van der Waals surface area (Å²) in [6.45, 7) is 4.71.